The zero-order valence-corrected chi connectivity index (χ0v) is 20.2. The van der Waals surface area contributed by atoms with Crippen LogP contribution in [0.3, 0.4) is 0 Å². The van der Waals surface area contributed by atoms with Gasteiger partial charge in [0.25, 0.3) is 0 Å². The third-order valence-corrected chi connectivity index (χ3v) is 6.18. The highest BCUT2D eigenvalue weighted by molar-refractivity contribution is 5.84. The van der Waals surface area contributed by atoms with E-state index in [-0.39, 0.29) is 12.3 Å². The Morgan fingerprint density at radius 2 is 1.71 bits per heavy atom. The molecule has 4 aromatic rings. The molecule has 0 amide bonds. The molecule has 0 fully saturated rings. The van der Waals surface area contributed by atoms with Crippen molar-refractivity contribution in [1.82, 2.24) is 4.57 Å². The summed E-state index contributed by atoms with van der Waals surface area (Å²) in [5.41, 5.74) is 5.60. The molecule has 1 atom stereocenters. The number of carboxylic acids is 1. The van der Waals surface area contributed by atoms with Crippen LogP contribution in [-0.2, 0) is 17.9 Å². The molecule has 0 spiro atoms. The molecular formula is C30H29NO4. The predicted molar refractivity (Wildman–Crippen MR) is 138 cm³/mol. The lowest BCUT2D eigenvalue weighted by Crippen LogP contribution is -2.05. The number of fused-ring (bicyclic) bond motifs is 1. The Morgan fingerprint density at radius 3 is 2.37 bits per heavy atom. The van der Waals surface area contributed by atoms with E-state index < -0.39 is 5.97 Å². The van der Waals surface area contributed by atoms with Crippen molar-refractivity contribution < 1.29 is 19.4 Å². The minimum absolute atomic E-state index is 0.0174. The lowest BCUT2D eigenvalue weighted by Gasteiger charge is -2.14. The lowest BCUT2D eigenvalue weighted by molar-refractivity contribution is -0.137. The van der Waals surface area contributed by atoms with Gasteiger partial charge in [0.2, 0.25) is 0 Å². The largest absolute Gasteiger partial charge is 0.497 e. The van der Waals surface area contributed by atoms with Gasteiger partial charge in [0, 0.05) is 12.7 Å². The highest BCUT2D eigenvalue weighted by atomic mass is 16.5. The molecule has 1 aromatic heterocycles. The minimum Gasteiger partial charge on any atom is -0.497 e. The molecule has 1 N–H and O–H groups in total. The van der Waals surface area contributed by atoms with Crippen molar-refractivity contribution >= 4 is 16.9 Å². The summed E-state index contributed by atoms with van der Waals surface area (Å²) in [5.74, 6) is 6.21. The number of aliphatic carboxylic acids is 1. The molecule has 0 radical (unpaired) electrons. The molecule has 0 bridgehead atoms. The van der Waals surface area contributed by atoms with E-state index in [1.165, 1.54) is 22.0 Å². The number of benzene rings is 3. The minimum atomic E-state index is -0.860. The Bertz CT molecular complexity index is 1370. The SMILES string of the molecule is CC#CC(CC(=O)O)c1ccc(OCc2ccc3ccn(Cc4ccc(OC)cc4)c3c2C)cc1. The number of hydrogen-bond donors (Lipinski definition) is 1. The number of carboxylic acid groups (broad SMARTS) is 1. The number of rotatable bonds is 9. The first-order valence-corrected chi connectivity index (χ1v) is 11.6. The van der Waals surface area contributed by atoms with Crippen molar-refractivity contribution in [2.24, 2.45) is 0 Å². The fraction of sp³-hybridized carbons (Fsp3) is 0.233. The van der Waals surface area contributed by atoms with Crippen molar-refractivity contribution in [3.8, 4) is 23.3 Å². The van der Waals surface area contributed by atoms with Crippen LogP contribution in [0.15, 0.2) is 72.9 Å². The molecule has 5 heteroatoms. The van der Waals surface area contributed by atoms with Crippen LogP contribution in [-0.4, -0.2) is 22.8 Å². The van der Waals surface area contributed by atoms with Crippen molar-refractivity contribution in [3.05, 3.63) is 95.2 Å². The molecule has 0 aliphatic carbocycles. The van der Waals surface area contributed by atoms with Gasteiger partial charge in [-0.2, -0.15) is 0 Å². The topological polar surface area (TPSA) is 60.7 Å². The molecule has 3 aromatic carbocycles. The van der Waals surface area contributed by atoms with E-state index in [9.17, 15) is 4.79 Å². The summed E-state index contributed by atoms with van der Waals surface area (Å²) >= 11 is 0. The van der Waals surface area contributed by atoms with Gasteiger partial charge in [-0.1, -0.05) is 42.3 Å². The van der Waals surface area contributed by atoms with Crippen LogP contribution in [0.1, 0.15) is 41.5 Å². The van der Waals surface area contributed by atoms with E-state index in [0.29, 0.717) is 6.61 Å². The fourth-order valence-electron chi connectivity index (χ4n) is 4.30. The number of ether oxygens (including phenoxy) is 2. The number of carbonyl (C=O) groups is 1. The van der Waals surface area contributed by atoms with E-state index in [4.69, 9.17) is 14.6 Å². The predicted octanol–water partition coefficient (Wildman–Crippen LogP) is 6.17. The van der Waals surface area contributed by atoms with Gasteiger partial charge in [-0.05, 0) is 71.8 Å². The van der Waals surface area contributed by atoms with Gasteiger partial charge in [0.1, 0.15) is 18.1 Å². The number of aromatic nitrogens is 1. The maximum Gasteiger partial charge on any atom is 0.304 e. The normalized spacial score (nSPS) is 11.5. The molecule has 0 aliphatic rings. The van der Waals surface area contributed by atoms with Crippen LogP contribution in [0, 0.1) is 18.8 Å². The van der Waals surface area contributed by atoms with Crippen LogP contribution in [0.25, 0.3) is 10.9 Å². The fourth-order valence-corrected chi connectivity index (χ4v) is 4.30. The first kappa shape index (κ1) is 24.0. The Hall–Kier alpha value is -4.17. The number of methoxy groups -OCH3 is 1. The average molecular weight is 468 g/mol. The van der Waals surface area contributed by atoms with Gasteiger partial charge in [0.15, 0.2) is 0 Å². The quantitative estimate of drug-likeness (QED) is 0.299. The Kier molecular flexibility index (Phi) is 7.42. The molecule has 1 unspecified atom stereocenters. The second-order valence-corrected chi connectivity index (χ2v) is 8.48. The van der Waals surface area contributed by atoms with Gasteiger partial charge in [-0.15, -0.1) is 5.92 Å². The maximum absolute atomic E-state index is 11.1. The van der Waals surface area contributed by atoms with Crippen LogP contribution >= 0.6 is 0 Å². The summed E-state index contributed by atoms with van der Waals surface area (Å²) < 4.78 is 13.6. The van der Waals surface area contributed by atoms with E-state index in [2.05, 4.69) is 59.9 Å². The van der Waals surface area contributed by atoms with E-state index >= 15 is 0 Å². The molecule has 0 saturated carbocycles. The summed E-state index contributed by atoms with van der Waals surface area (Å²) in [5, 5.41) is 10.3. The van der Waals surface area contributed by atoms with Crippen molar-refractivity contribution in [2.75, 3.05) is 7.11 Å². The number of nitrogens with zero attached hydrogens (tertiary/aromatic N) is 1. The second kappa shape index (κ2) is 10.8. The highest BCUT2D eigenvalue weighted by Crippen LogP contribution is 2.27. The van der Waals surface area contributed by atoms with Crippen LogP contribution in [0.5, 0.6) is 11.5 Å². The zero-order valence-electron chi connectivity index (χ0n) is 20.2. The smallest absolute Gasteiger partial charge is 0.304 e. The molecule has 4 rings (SSSR count). The standard InChI is InChI=1S/C30H29NO4/c1-4-5-25(18-29(32)33)23-10-14-28(15-11-23)35-20-26-9-8-24-16-17-31(30(24)21(26)2)19-22-6-12-27(34-3)13-7-22/h6-17,25H,18-20H2,1-3H3,(H,32,33). The first-order valence-electron chi connectivity index (χ1n) is 11.6. The Morgan fingerprint density at radius 1 is 1.00 bits per heavy atom. The molecule has 1 heterocycles. The van der Waals surface area contributed by atoms with Gasteiger partial charge in [-0.3, -0.25) is 4.79 Å². The summed E-state index contributed by atoms with van der Waals surface area (Å²) in [6.45, 7) is 5.08. The van der Waals surface area contributed by atoms with E-state index in [1.807, 2.05) is 36.4 Å². The third kappa shape index (κ3) is 5.67. The molecule has 0 aliphatic heterocycles. The van der Waals surface area contributed by atoms with Gasteiger partial charge >= 0.3 is 5.97 Å². The van der Waals surface area contributed by atoms with Gasteiger partial charge in [-0.25, -0.2) is 0 Å². The summed E-state index contributed by atoms with van der Waals surface area (Å²) in [6, 6.07) is 22.1. The summed E-state index contributed by atoms with van der Waals surface area (Å²) in [7, 11) is 1.67. The lowest BCUT2D eigenvalue weighted by atomic mass is 9.96. The van der Waals surface area contributed by atoms with Crippen LogP contribution in [0.4, 0.5) is 0 Å². The third-order valence-electron chi connectivity index (χ3n) is 6.18. The van der Waals surface area contributed by atoms with Crippen LogP contribution in [0.2, 0.25) is 0 Å². The van der Waals surface area contributed by atoms with Crippen molar-refractivity contribution in [2.45, 2.75) is 39.3 Å². The molecule has 5 nitrogen and oxygen atoms in total. The highest BCUT2D eigenvalue weighted by Gasteiger charge is 2.14. The van der Waals surface area contributed by atoms with Gasteiger partial charge < -0.3 is 19.1 Å². The van der Waals surface area contributed by atoms with Crippen molar-refractivity contribution in [1.29, 1.82) is 0 Å². The monoisotopic (exact) mass is 467 g/mol. The molecular weight excluding hydrogens is 438 g/mol. The Balaban J connectivity index is 1.49. The van der Waals surface area contributed by atoms with E-state index in [1.54, 1.807) is 14.0 Å². The number of aryl methyl sites for hydroxylation is 1. The van der Waals surface area contributed by atoms with E-state index in [0.717, 1.165) is 29.2 Å². The molecule has 35 heavy (non-hydrogen) atoms. The molecule has 178 valence electrons. The van der Waals surface area contributed by atoms with Crippen LogP contribution < -0.4 is 9.47 Å². The average Bonchev–Trinajstić information content (AvgIpc) is 3.27. The first-order chi connectivity index (χ1) is 17.0. The van der Waals surface area contributed by atoms with Gasteiger partial charge in [0.05, 0.1) is 25.0 Å². The van der Waals surface area contributed by atoms with Crippen molar-refractivity contribution in [3.63, 3.8) is 0 Å². The summed E-state index contributed by atoms with van der Waals surface area (Å²) in [4.78, 5) is 11.1. The molecule has 0 saturated heterocycles. The number of hydrogen-bond acceptors (Lipinski definition) is 3. The second-order valence-electron chi connectivity index (χ2n) is 8.48. The zero-order chi connectivity index (χ0) is 24.8. The summed E-state index contributed by atoms with van der Waals surface area (Å²) in [6.07, 6.45) is 2.11. The maximum atomic E-state index is 11.1. The Labute approximate surface area is 205 Å².